The molecule has 3 aromatic rings. The van der Waals surface area contributed by atoms with E-state index in [4.69, 9.17) is 0 Å². The van der Waals surface area contributed by atoms with Gasteiger partial charge in [0.25, 0.3) is 5.91 Å². The lowest BCUT2D eigenvalue weighted by atomic mass is 10.3. The zero-order valence-electron chi connectivity index (χ0n) is 14.2. The van der Waals surface area contributed by atoms with Crippen LogP contribution in [0.25, 0.3) is 10.2 Å². The molecule has 2 aromatic heterocycles. The van der Waals surface area contributed by atoms with Crippen LogP contribution < -0.4 is 9.64 Å². The van der Waals surface area contributed by atoms with E-state index < -0.39 is 6.36 Å². The fourth-order valence-electron chi connectivity index (χ4n) is 2.91. The van der Waals surface area contributed by atoms with E-state index in [9.17, 15) is 18.0 Å². The normalized spacial score (nSPS) is 15.3. The van der Waals surface area contributed by atoms with Crippen LogP contribution in [-0.2, 0) is 0 Å². The molecule has 0 unspecified atom stereocenters. The van der Waals surface area contributed by atoms with Gasteiger partial charge in [0.2, 0.25) is 0 Å². The number of rotatable bonds is 3. The van der Waals surface area contributed by atoms with Gasteiger partial charge in [-0.1, -0.05) is 11.3 Å². The Morgan fingerprint density at radius 1 is 1.11 bits per heavy atom. The first-order valence-electron chi connectivity index (χ1n) is 8.24. The number of hydrogen-bond acceptors (Lipinski definition) is 6. The number of thiazole rings is 1. The third-order valence-corrected chi connectivity index (χ3v) is 6.89. The molecule has 1 amide bonds. The molecule has 28 heavy (non-hydrogen) atoms. The molecule has 1 aliphatic heterocycles. The Labute approximate surface area is 174 Å². The minimum absolute atomic E-state index is 0.00795. The number of hydrogen-bond donors (Lipinski definition) is 0. The second kappa shape index (κ2) is 7.53. The molecule has 11 heteroatoms. The number of carbonyl (C=O) groups is 1. The average molecular weight is 492 g/mol. The van der Waals surface area contributed by atoms with Gasteiger partial charge < -0.3 is 14.5 Å². The maximum Gasteiger partial charge on any atom is 0.573 e. The molecule has 1 aromatic carbocycles. The van der Waals surface area contributed by atoms with Crippen molar-refractivity contribution in [2.75, 3.05) is 31.1 Å². The van der Waals surface area contributed by atoms with Crippen molar-refractivity contribution in [2.45, 2.75) is 6.36 Å². The highest BCUT2D eigenvalue weighted by Crippen LogP contribution is 2.33. The number of ether oxygens (including phenoxy) is 1. The van der Waals surface area contributed by atoms with Crippen LogP contribution in [0.4, 0.5) is 18.3 Å². The Morgan fingerprint density at radius 2 is 1.86 bits per heavy atom. The zero-order chi connectivity index (χ0) is 19.9. The molecule has 0 bridgehead atoms. The van der Waals surface area contributed by atoms with E-state index >= 15 is 0 Å². The van der Waals surface area contributed by atoms with Crippen LogP contribution >= 0.6 is 38.6 Å². The van der Waals surface area contributed by atoms with Crippen molar-refractivity contribution in [3.63, 3.8) is 0 Å². The summed E-state index contributed by atoms with van der Waals surface area (Å²) in [6, 6.07) is 7.78. The molecular weight excluding hydrogens is 479 g/mol. The highest BCUT2D eigenvalue weighted by atomic mass is 79.9. The van der Waals surface area contributed by atoms with Gasteiger partial charge in [-0.2, -0.15) is 0 Å². The van der Waals surface area contributed by atoms with E-state index in [1.165, 1.54) is 40.9 Å². The van der Waals surface area contributed by atoms with Crippen LogP contribution in [-0.4, -0.2) is 48.3 Å². The fourth-order valence-corrected chi connectivity index (χ4v) is 5.31. The average Bonchev–Trinajstić information content (AvgIpc) is 3.26. The summed E-state index contributed by atoms with van der Waals surface area (Å²) >= 11 is 6.08. The smallest absolute Gasteiger partial charge is 0.406 e. The summed E-state index contributed by atoms with van der Waals surface area (Å²) in [6.07, 6.45) is -4.72. The number of alkyl halides is 3. The van der Waals surface area contributed by atoms with E-state index in [1.54, 1.807) is 11.0 Å². The van der Waals surface area contributed by atoms with Crippen molar-refractivity contribution < 1.29 is 22.7 Å². The van der Waals surface area contributed by atoms with Gasteiger partial charge >= 0.3 is 6.36 Å². The Kier molecular flexibility index (Phi) is 5.23. The van der Waals surface area contributed by atoms with Crippen LogP contribution in [0.2, 0.25) is 0 Å². The third-order valence-electron chi connectivity index (χ3n) is 4.20. The number of thiophene rings is 1. The highest BCUT2D eigenvalue weighted by Gasteiger charge is 2.31. The van der Waals surface area contributed by atoms with Crippen molar-refractivity contribution in [1.29, 1.82) is 0 Å². The number of aromatic nitrogens is 1. The van der Waals surface area contributed by atoms with E-state index in [-0.39, 0.29) is 11.7 Å². The lowest BCUT2D eigenvalue weighted by molar-refractivity contribution is -0.274. The SMILES string of the molecule is O=C(c1ccc(Br)s1)N1CCN(c2nc3ccc(OC(F)(F)F)cc3s2)CC1. The first-order chi connectivity index (χ1) is 13.3. The maximum absolute atomic E-state index is 12.5. The predicted molar refractivity (Wildman–Crippen MR) is 106 cm³/mol. The van der Waals surface area contributed by atoms with Gasteiger partial charge in [0.05, 0.1) is 18.9 Å². The quantitative estimate of drug-likeness (QED) is 0.518. The second-order valence-electron chi connectivity index (χ2n) is 6.06. The Balaban J connectivity index is 1.44. The monoisotopic (exact) mass is 491 g/mol. The number of amides is 1. The number of nitrogens with zero attached hydrogens (tertiary/aromatic N) is 3. The summed E-state index contributed by atoms with van der Waals surface area (Å²) in [6.45, 7) is 2.35. The summed E-state index contributed by atoms with van der Waals surface area (Å²) in [5.74, 6) is -0.249. The Hall–Kier alpha value is -1.85. The Bertz CT molecular complexity index is 1010. The summed E-state index contributed by atoms with van der Waals surface area (Å²) in [7, 11) is 0. The largest absolute Gasteiger partial charge is 0.573 e. The molecule has 0 N–H and O–H groups in total. The van der Waals surface area contributed by atoms with Crippen LogP contribution in [0.1, 0.15) is 9.67 Å². The van der Waals surface area contributed by atoms with E-state index in [0.29, 0.717) is 41.3 Å². The van der Waals surface area contributed by atoms with Crippen LogP contribution in [0, 0.1) is 0 Å². The van der Waals surface area contributed by atoms with Crippen molar-refractivity contribution in [3.8, 4) is 5.75 Å². The molecule has 0 radical (unpaired) electrons. The van der Waals surface area contributed by atoms with Gasteiger partial charge in [0.1, 0.15) is 5.75 Å². The minimum Gasteiger partial charge on any atom is -0.406 e. The number of anilines is 1. The van der Waals surface area contributed by atoms with Gasteiger partial charge in [-0.15, -0.1) is 24.5 Å². The molecule has 0 atom stereocenters. The molecule has 1 saturated heterocycles. The number of piperazine rings is 1. The fraction of sp³-hybridized carbons (Fsp3) is 0.294. The van der Waals surface area contributed by atoms with Gasteiger partial charge in [-0.05, 0) is 40.2 Å². The molecular formula is C17H13BrF3N3O2S2. The lowest BCUT2D eigenvalue weighted by Gasteiger charge is -2.34. The third kappa shape index (κ3) is 4.26. The number of halogens is 4. The summed E-state index contributed by atoms with van der Waals surface area (Å²) in [4.78, 5) is 21.6. The predicted octanol–water partition coefficient (Wildman–Crippen LogP) is 4.98. The molecule has 0 spiro atoms. The molecule has 1 fully saturated rings. The van der Waals surface area contributed by atoms with Gasteiger partial charge in [-0.25, -0.2) is 4.98 Å². The molecule has 4 rings (SSSR count). The minimum atomic E-state index is -4.72. The van der Waals surface area contributed by atoms with Crippen molar-refractivity contribution in [1.82, 2.24) is 9.88 Å². The highest BCUT2D eigenvalue weighted by molar-refractivity contribution is 9.11. The summed E-state index contributed by atoms with van der Waals surface area (Å²) in [5.41, 5.74) is 0.622. The number of fused-ring (bicyclic) bond motifs is 1. The summed E-state index contributed by atoms with van der Waals surface area (Å²) < 4.78 is 42.7. The molecule has 0 saturated carbocycles. The topological polar surface area (TPSA) is 45.7 Å². The maximum atomic E-state index is 12.5. The molecule has 5 nitrogen and oxygen atoms in total. The van der Waals surface area contributed by atoms with E-state index in [1.807, 2.05) is 11.0 Å². The van der Waals surface area contributed by atoms with Crippen molar-refractivity contribution in [2.24, 2.45) is 0 Å². The van der Waals surface area contributed by atoms with Gasteiger partial charge in [0, 0.05) is 32.2 Å². The standard InChI is InChI=1S/C17H13BrF3N3O2S2/c18-14-4-3-12(27-14)15(25)23-5-7-24(8-6-23)16-22-11-2-1-10(9-13(11)28-16)26-17(19,20)21/h1-4,9H,5-8H2. The molecule has 148 valence electrons. The van der Waals surface area contributed by atoms with Crippen molar-refractivity contribution >= 4 is 59.9 Å². The van der Waals surface area contributed by atoms with Gasteiger partial charge in [-0.3, -0.25) is 4.79 Å². The molecule has 0 aliphatic carbocycles. The molecule has 3 heterocycles. The Morgan fingerprint density at radius 3 is 2.50 bits per heavy atom. The summed E-state index contributed by atoms with van der Waals surface area (Å²) in [5, 5.41) is 0.727. The van der Waals surface area contributed by atoms with Crippen LogP contribution in [0.5, 0.6) is 5.75 Å². The second-order valence-corrected chi connectivity index (χ2v) is 9.53. The zero-order valence-corrected chi connectivity index (χ0v) is 17.4. The van der Waals surface area contributed by atoms with E-state index in [2.05, 4.69) is 25.7 Å². The number of carbonyl (C=O) groups excluding carboxylic acids is 1. The lowest BCUT2D eigenvalue weighted by Crippen LogP contribution is -2.48. The number of benzene rings is 1. The van der Waals surface area contributed by atoms with Crippen LogP contribution in [0.3, 0.4) is 0 Å². The molecule has 1 aliphatic rings. The van der Waals surface area contributed by atoms with Crippen LogP contribution in [0.15, 0.2) is 34.1 Å². The first-order valence-corrected chi connectivity index (χ1v) is 10.7. The van der Waals surface area contributed by atoms with Gasteiger partial charge in [0.15, 0.2) is 5.13 Å². The van der Waals surface area contributed by atoms with Crippen molar-refractivity contribution in [3.05, 3.63) is 39.0 Å². The van der Waals surface area contributed by atoms with E-state index in [0.717, 1.165) is 8.92 Å². The first kappa shape index (κ1) is 19.5.